The molecule has 4 aromatic rings. The molecule has 4 rings (SSSR count). The number of nitrogens with one attached hydrogen (secondary N) is 2. The Bertz CT molecular complexity index is 1350. The number of H-pyrrole nitrogens is 1. The molecule has 0 saturated heterocycles. The number of azo groups is 1. The second-order valence-electron chi connectivity index (χ2n) is 6.81. The first-order chi connectivity index (χ1) is 15.5. The van der Waals surface area contributed by atoms with Gasteiger partial charge in [0.05, 0.1) is 5.52 Å². The number of benzene rings is 3. The van der Waals surface area contributed by atoms with Crippen molar-refractivity contribution >= 4 is 34.5 Å². The molecule has 0 atom stereocenters. The minimum Gasteiger partial charge on any atom is -0.493 e. The van der Waals surface area contributed by atoms with E-state index in [2.05, 4.69) is 20.5 Å². The van der Waals surface area contributed by atoms with E-state index >= 15 is 0 Å². The molecule has 32 heavy (non-hydrogen) atoms. The van der Waals surface area contributed by atoms with Crippen LogP contribution in [0.4, 0.5) is 10.1 Å². The Labute approximate surface area is 181 Å². The number of carbonyl (C=O) groups is 2. The maximum Gasteiger partial charge on any atom is 0.311 e. The zero-order valence-corrected chi connectivity index (χ0v) is 16.6. The van der Waals surface area contributed by atoms with Crippen molar-refractivity contribution < 1.29 is 19.1 Å². The number of nitrogens with zero attached hydrogens (tertiary/aromatic N) is 2. The van der Waals surface area contributed by atoms with E-state index < -0.39 is 17.6 Å². The molecule has 2 amide bonds. The zero-order chi connectivity index (χ0) is 22.5. The summed E-state index contributed by atoms with van der Waals surface area (Å²) in [6.45, 7) is 0. The summed E-state index contributed by atoms with van der Waals surface area (Å²) >= 11 is 0. The highest BCUT2D eigenvalue weighted by Gasteiger charge is 2.16. The molecular weight excluding hydrogens is 411 g/mol. The monoisotopic (exact) mass is 428 g/mol. The summed E-state index contributed by atoms with van der Waals surface area (Å²) in [5, 5.41) is 20.4. The highest BCUT2D eigenvalue weighted by molar-refractivity contribution is 6.05. The van der Waals surface area contributed by atoms with Gasteiger partial charge in [0, 0.05) is 10.9 Å². The van der Waals surface area contributed by atoms with Crippen LogP contribution in [0.15, 0.2) is 94.8 Å². The molecule has 3 aromatic carbocycles. The smallest absolute Gasteiger partial charge is 0.311 e. The molecule has 0 fully saturated rings. The van der Waals surface area contributed by atoms with Gasteiger partial charge in [0.25, 0.3) is 5.91 Å². The molecule has 0 radical (unpaired) electrons. The maximum atomic E-state index is 13.6. The number of aromatic hydroxyl groups is 1. The number of halogens is 1. The van der Waals surface area contributed by atoms with Gasteiger partial charge in [0.15, 0.2) is 5.69 Å². The summed E-state index contributed by atoms with van der Waals surface area (Å²) in [7, 11) is 0. The van der Waals surface area contributed by atoms with Crippen molar-refractivity contribution in [3.63, 3.8) is 0 Å². The lowest BCUT2D eigenvalue weighted by Gasteiger charge is -2.07. The van der Waals surface area contributed by atoms with Gasteiger partial charge in [-0.2, -0.15) is 0 Å². The van der Waals surface area contributed by atoms with Crippen molar-refractivity contribution in [2.45, 2.75) is 0 Å². The fourth-order valence-corrected chi connectivity index (χ4v) is 3.04. The van der Waals surface area contributed by atoms with Crippen LogP contribution in [0.1, 0.15) is 15.9 Å². The molecular formula is C24H17FN4O3. The molecule has 0 bridgehead atoms. The summed E-state index contributed by atoms with van der Waals surface area (Å²) in [5.74, 6) is -2.22. The van der Waals surface area contributed by atoms with Crippen LogP contribution < -0.4 is 5.32 Å². The first-order valence-corrected chi connectivity index (χ1v) is 9.60. The van der Waals surface area contributed by atoms with E-state index in [0.29, 0.717) is 16.6 Å². The standard InChI is InChI=1S/C24H17FN4O3/c25-17-11-12-19-18(14-17)21(24(32)26-19)28-29-23(31)20(13-15-7-3-1-4-8-15)27-22(30)16-9-5-2-6-10-16/h1-14,26,32H,(H,27,30). The molecule has 1 aromatic heterocycles. The van der Waals surface area contributed by atoms with E-state index in [9.17, 15) is 19.1 Å². The molecule has 0 aliphatic heterocycles. The molecule has 0 spiro atoms. The van der Waals surface area contributed by atoms with Crippen molar-refractivity contribution in [1.82, 2.24) is 10.3 Å². The number of hydrogen-bond donors (Lipinski definition) is 3. The van der Waals surface area contributed by atoms with E-state index in [1.807, 2.05) is 6.07 Å². The van der Waals surface area contributed by atoms with E-state index in [0.717, 1.165) is 0 Å². The molecule has 7 nitrogen and oxygen atoms in total. The SMILES string of the molecule is O=C(N=Nc1c(O)[nH]c2ccc(F)cc12)C(=Cc1ccccc1)NC(=O)c1ccccc1. The summed E-state index contributed by atoms with van der Waals surface area (Å²) in [5.41, 5.74) is 1.26. The highest BCUT2D eigenvalue weighted by Crippen LogP contribution is 2.35. The van der Waals surface area contributed by atoms with E-state index in [-0.39, 0.29) is 22.7 Å². The molecule has 0 unspecified atom stereocenters. The fraction of sp³-hybridized carbons (Fsp3) is 0. The fourth-order valence-electron chi connectivity index (χ4n) is 3.04. The van der Waals surface area contributed by atoms with Crippen molar-refractivity contribution in [2.75, 3.05) is 0 Å². The lowest BCUT2D eigenvalue weighted by atomic mass is 10.1. The average Bonchev–Trinajstić information content (AvgIpc) is 3.12. The van der Waals surface area contributed by atoms with Crippen LogP contribution in [0.25, 0.3) is 17.0 Å². The van der Waals surface area contributed by atoms with Crippen LogP contribution in [-0.4, -0.2) is 21.9 Å². The van der Waals surface area contributed by atoms with Crippen molar-refractivity contribution in [1.29, 1.82) is 0 Å². The first kappa shape index (κ1) is 20.7. The number of hydrogen-bond acceptors (Lipinski definition) is 4. The van der Waals surface area contributed by atoms with Gasteiger partial charge in [-0.3, -0.25) is 9.59 Å². The van der Waals surface area contributed by atoms with Gasteiger partial charge in [0.1, 0.15) is 11.5 Å². The normalized spacial score (nSPS) is 11.7. The Kier molecular flexibility index (Phi) is 5.85. The Morgan fingerprint density at radius 1 is 0.969 bits per heavy atom. The number of amides is 2. The lowest BCUT2D eigenvalue weighted by molar-refractivity contribution is -0.115. The molecule has 1 heterocycles. The van der Waals surface area contributed by atoms with Gasteiger partial charge >= 0.3 is 5.91 Å². The first-order valence-electron chi connectivity index (χ1n) is 9.60. The third-order valence-corrected chi connectivity index (χ3v) is 4.58. The van der Waals surface area contributed by atoms with Gasteiger partial charge in [-0.15, -0.1) is 10.2 Å². The second-order valence-corrected chi connectivity index (χ2v) is 6.81. The largest absolute Gasteiger partial charge is 0.493 e. The van der Waals surface area contributed by atoms with Crippen LogP contribution in [0, 0.1) is 5.82 Å². The van der Waals surface area contributed by atoms with Gasteiger partial charge in [-0.1, -0.05) is 48.5 Å². The Hall–Kier alpha value is -4.59. The quantitative estimate of drug-likeness (QED) is 0.304. The van der Waals surface area contributed by atoms with Crippen LogP contribution >= 0.6 is 0 Å². The summed E-state index contributed by atoms with van der Waals surface area (Å²) in [6, 6.07) is 21.1. The van der Waals surface area contributed by atoms with Crippen molar-refractivity contribution in [3.05, 3.63) is 102 Å². The minimum absolute atomic E-state index is 0.0821. The number of aromatic amines is 1. The molecule has 3 N–H and O–H groups in total. The summed E-state index contributed by atoms with van der Waals surface area (Å²) < 4.78 is 13.6. The molecule has 8 heteroatoms. The van der Waals surface area contributed by atoms with Gasteiger partial charge in [0.2, 0.25) is 5.88 Å². The number of carbonyl (C=O) groups excluding carboxylic acids is 2. The molecule has 0 aliphatic carbocycles. The molecule has 0 aliphatic rings. The highest BCUT2D eigenvalue weighted by atomic mass is 19.1. The second kappa shape index (κ2) is 9.05. The molecule has 158 valence electrons. The zero-order valence-electron chi connectivity index (χ0n) is 16.6. The van der Waals surface area contributed by atoms with E-state index in [4.69, 9.17) is 0 Å². The lowest BCUT2D eigenvalue weighted by Crippen LogP contribution is -2.26. The van der Waals surface area contributed by atoms with Crippen LogP contribution in [0.3, 0.4) is 0 Å². The molecule has 0 saturated carbocycles. The third kappa shape index (κ3) is 4.59. The van der Waals surface area contributed by atoms with Gasteiger partial charge < -0.3 is 15.4 Å². The summed E-state index contributed by atoms with van der Waals surface area (Å²) in [6.07, 6.45) is 1.47. The van der Waals surface area contributed by atoms with Crippen LogP contribution in [0.2, 0.25) is 0 Å². The van der Waals surface area contributed by atoms with Crippen LogP contribution in [-0.2, 0) is 4.79 Å². The Morgan fingerprint density at radius 2 is 1.66 bits per heavy atom. The number of fused-ring (bicyclic) bond motifs is 1. The van der Waals surface area contributed by atoms with E-state index in [1.54, 1.807) is 54.6 Å². The number of aromatic nitrogens is 1. The van der Waals surface area contributed by atoms with Crippen molar-refractivity contribution in [3.8, 4) is 5.88 Å². The van der Waals surface area contributed by atoms with Gasteiger partial charge in [-0.05, 0) is 42.0 Å². The van der Waals surface area contributed by atoms with Crippen LogP contribution in [0.5, 0.6) is 5.88 Å². The third-order valence-electron chi connectivity index (χ3n) is 4.58. The van der Waals surface area contributed by atoms with E-state index in [1.165, 1.54) is 24.3 Å². The minimum atomic E-state index is -0.844. The van der Waals surface area contributed by atoms with Crippen molar-refractivity contribution in [2.24, 2.45) is 10.2 Å². The number of rotatable bonds is 5. The average molecular weight is 428 g/mol. The Balaban J connectivity index is 1.66. The summed E-state index contributed by atoms with van der Waals surface area (Å²) in [4.78, 5) is 28.0. The topological polar surface area (TPSA) is 107 Å². The maximum absolute atomic E-state index is 13.6. The predicted octanol–water partition coefficient (Wildman–Crippen LogP) is 5.09. The van der Waals surface area contributed by atoms with Gasteiger partial charge in [-0.25, -0.2) is 4.39 Å². The predicted molar refractivity (Wildman–Crippen MR) is 118 cm³/mol. The Morgan fingerprint density at radius 3 is 2.38 bits per heavy atom.